The molecule has 0 aliphatic carbocycles. The molecule has 0 saturated heterocycles. The Morgan fingerprint density at radius 2 is 1.81 bits per heavy atom. The standard InChI is InChI=1S/C12H12N2.C2H6/c1-2-4-11-5-7-12(8-6-11)14-10-3-9-13-14;1-2/h2-10H,1H3;1-2H3/b4-2+;. The molecule has 0 aliphatic heterocycles. The van der Waals surface area contributed by atoms with Crippen molar-refractivity contribution in [2.75, 3.05) is 0 Å². The second-order valence-electron chi connectivity index (χ2n) is 3.04. The van der Waals surface area contributed by atoms with E-state index >= 15 is 0 Å². The van der Waals surface area contributed by atoms with Gasteiger partial charge in [0.15, 0.2) is 0 Å². The molecule has 2 nitrogen and oxygen atoms in total. The molecule has 0 saturated carbocycles. The van der Waals surface area contributed by atoms with Crippen molar-refractivity contribution in [3.05, 3.63) is 54.4 Å². The molecule has 0 atom stereocenters. The third-order valence-electron chi connectivity index (χ3n) is 2.02. The average Bonchev–Trinajstić information content (AvgIpc) is 2.87. The van der Waals surface area contributed by atoms with E-state index in [2.05, 4.69) is 35.4 Å². The van der Waals surface area contributed by atoms with E-state index in [0.717, 1.165) is 5.69 Å². The van der Waals surface area contributed by atoms with E-state index in [-0.39, 0.29) is 0 Å². The molecule has 1 heterocycles. The van der Waals surface area contributed by atoms with Gasteiger partial charge in [0, 0.05) is 12.4 Å². The molecular formula is C14H18N2. The number of aromatic nitrogens is 2. The summed E-state index contributed by atoms with van der Waals surface area (Å²) in [6.45, 7) is 6.02. The van der Waals surface area contributed by atoms with Crippen LogP contribution in [0.4, 0.5) is 0 Å². The summed E-state index contributed by atoms with van der Waals surface area (Å²) in [4.78, 5) is 0. The van der Waals surface area contributed by atoms with Gasteiger partial charge in [-0.15, -0.1) is 0 Å². The molecule has 1 aromatic carbocycles. The van der Waals surface area contributed by atoms with Crippen molar-refractivity contribution in [1.82, 2.24) is 9.78 Å². The van der Waals surface area contributed by atoms with Crippen LogP contribution in [0.2, 0.25) is 0 Å². The normalized spacial score (nSPS) is 9.94. The SMILES string of the molecule is C/C=C/c1ccc(-n2cccn2)cc1.CC. The summed E-state index contributed by atoms with van der Waals surface area (Å²) in [6, 6.07) is 10.2. The molecule has 2 heteroatoms. The quantitative estimate of drug-likeness (QED) is 0.740. The van der Waals surface area contributed by atoms with Crippen LogP contribution >= 0.6 is 0 Å². The largest absolute Gasteiger partial charge is 0.241 e. The zero-order chi connectivity index (χ0) is 11.8. The molecule has 84 valence electrons. The zero-order valence-corrected chi connectivity index (χ0v) is 10.1. The molecule has 0 bridgehead atoms. The predicted octanol–water partition coefficient (Wildman–Crippen LogP) is 3.93. The Hall–Kier alpha value is -1.83. The zero-order valence-electron chi connectivity index (χ0n) is 10.1. The number of allylic oxidation sites excluding steroid dienone is 1. The minimum Gasteiger partial charge on any atom is -0.241 e. The highest BCUT2D eigenvalue weighted by molar-refractivity contribution is 5.51. The highest BCUT2D eigenvalue weighted by Crippen LogP contribution is 2.09. The monoisotopic (exact) mass is 214 g/mol. The molecule has 0 fully saturated rings. The summed E-state index contributed by atoms with van der Waals surface area (Å²) in [6.07, 6.45) is 7.82. The van der Waals surface area contributed by atoms with E-state index in [9.17, 15) is 0 Å². The first kappa shape index (κ1) is 12.2. The van der Waals surface area contributed by atoms with Crippen LogP contribution in [0.1, 0.15) is 26.3 Å². The van der Waals surface area contributed by atoms with Gasteiger partial charge in [-0.25, -0.2) is 4.68 Å². The van der Waals surface area contributed by atoms with Gasteiger partial charge in [0.05, 0.1) is 5.69 Å². The minimum atomic E-state index is 1.09. The van der Waals surface area contributed by atoms with Gasteiger partial charge < -0.3 is 0 Å². The topological polar surface area (TPSA) is 17.8 Å². The second-order valence-corrected chi connectivity index (χ2v) is 3.04. The van der Waals surface area contributed by atoms with Crippen LogP contribution in [0.15, 0.2) is 48.8 Å². The maximum atomic E-state index is 4.16. The van der Waals surface area contributed by atoms with E-state index in [4.69, 9.17) is 0 Å². The first-order valence-electron chi connectivity index (χ1n) is 5.63. The Morgan fingerprint density at radius 1 is 1.12 bits per heavy atom. The molecule has 0 amide bonds. The van der Waals surface area contributed by atoms with Gasteiger partial charge in [0.2, 0.25) is 0 Å². The van der Waals surface area contributed by atoms with Gasteiger partial charge in [-0.2, -0.15) is 5.10 Å². The lowest BCUT2D eigenvalue weighted by Gasteiger charge is -2.00. The molecule has 0 unspecified atom stereocenters. The fourth-order valence-electron chi connectivity index (χ4n) is 1.35. The Bertz CT molecular complexity index is 411. The smallest absolute Gasteiger partial charge is 0.0645 e. The Balaban J connectivity index is 0.000000606. The van der Waals surface area contributed by atoms with Crippen molar-refractivity contribution in [1.29, 1.82) is 0 Å². The number of hydrogen-bond donors (Lipinski definition) is 0. The van der Waals surface area contributed by atoms with Crippen molar-refractivity contribution in [2.45, 2.75) is 20.8 Å². The first-order chi connectivity index (χ1) is 7.90. The fraction of sp³-hybridized carbons (Fsp3) is 0.214. The van der Waals surface area contributed by atoms with Crippen LogP contribution in [0.25, 0.3) is 11.8 Å². The van der Waals surface area contributed by atoms with Gasteiger partial charge in [-0.05, 0) is 30.7 Å². The average molecular weight is 214 g/mol. The van der Waals surface area contributed by atoms with E-state index in [1.54, 1.807) is 6.20 Å². The van der Waals surface area contributed by atoms with E-state index < -0.39 is 0 Å². The second kappa shape index (κ2) is 6.62. The van der Waals surface area contributed by atoms with Crippen LogP contribution in [0.3, 0.4) is 0 Å². The Morgan fingerprint density at radius 3 is 2.31 bits per heavy atom. The number of nitrogens with zero attached hydrogens (tertiary/aromatic N) is 2. The van der Waals surface area contributed by atoms with Crippen LogP contribution < -0.4 is 0 Å². The maximum Gasteiger partial charge on any atom is 0.0645 e. The van der Waals surface area contributed by atoms with Crippen molar-refractivity contribution in [3.63, 3.8) is 0 Å². The van der Waals surface area contributed by atoms with Crippen LogP contribution in [-0.2, 0) is 0 Å². The van der Waals surface area contributed by atoms with Crippen molar-refractivity contribution >= 4 is 6.08 Å². The molecule has 0 radical (unpaired) electrons. The van der Waals surface area contributed by atoms with Crippen LogP contribution in [-0.4, -0.2) is 9.78 Å². The summed E-state index contributed by atoms with van der Waals surface area (Å²) < 4.78 is 1.85. The van der Waals surface area contributed by atoms with Gasteiger partial charge in [-0.1, -0.05) is 38.1 Å². The van der Waals surface area contributed by atoms with Crippen LogP contribution in [0, 0.1) is 0 Å². The van der Waals surface area contributed by atoms with E-state index in [1.165, 1.54) is 5.56 Å². The van der Waals surface area contributed by atoms with E-state index in [1.807, 2.05) is 43.8 Å². The number of benzene rings is 1. The van der Waals surface area contributed by atoms with Crippen molar-refractivity contribution in [2.24, 2.45) is 0 Å². The number of rotatable bonds is 2. The summed E-state index contributed by atoms with van der Waals surface area (Å²) in [7, 11) is 0. The summed E-state index contributed by atoms with van der Waals surface area (Å²) in [5.41, 5.74) is 2.30. The molecule has 0 aliphatic rings. The summed E-state index contributed by atoms with van der Waals surface area (Å²) in [5, 5.41) is 4.16. The Kier molecular flexibility index (Phi) is 5.06. The molecule has 2 aromatic rings. The van der Waals surface area contributed by atoms with E-state index in [0.29, 0.717) is 0 Å². The molecule has 0 N–H and O–H groups in total. The van der Waals surface area contributed by atoms with Crippen molar-refractivity contribution < 1.29 is 0 Å². The third-order valence-corrected chi connectivity index (χ3v) is 2.02. The highest BCUT2D eigenvalue weighted by atomic mass is 15.3. The predicted molar refractivity (Wildman–Crippen MR) is 69.6 cm³/mol. The van der Waals surface area contributed by atoms with Gasteiger partial charge in [-0.3, -0.25) is 0 Å². The first-order valence-corrected chi connectivity index (χ1v) is 5.63. The fourth-order valence-corrected chi connectivity index (χ4v) is 1.35. The summed E-state index contributed by atoms with van der Waals surface area (Å²) >= 11 is 0. The van der Waals surface area contributed by atoms with Crippen LogP contribution in [0.5, 0.6) is 0 Å². The highest BCUT2D eigenvalue weighted by Gasteiger charge is 1.94. The lowest BCUT2D eigenvalue weighted by Crippen LogP contribution is -1.93. The Labute approximate surface area is 97.2 Å². The van der Waals surface area contributed by atoms with Gasteiger partial charge in [0.25, 0.3) is 0 Å². The maximum absolute atomic E-state index is 4.16. The van der Waals surface area contributed by atoms with Gasteiger partial charge in [0.1, 0.15) is 0 Å². The molecule has 1 aromatic heterocycles. The lowest BCUT2D eigenvalue weighted by molar-refractivity contribution is 0.880. The van der Waals surface area contributed by atoms with Gasteiger partial charge >= 0.3 is 0 Å². The number of hydrogen-bond acceptors (Lipinski definition) is 1. The third kappa shape index (κ3) is 3.09. The molecular weight excluding hydrogens is 196 g/mol. The molecule has 2 rings (SSSR count). The lowest BCUT2D eigenvalue weighted by atomic mass is 10.2. The molecule has 0 spiro atoms. The summed E-state index contributed by atoms with van der Waals surface area (Å²) in [5.74, 6) is 0. The minimum absolute atomic E-state index is 1.09. The van der Waals surface area contributed by atoms with Crippen molar-refractivity contribution in [3.8, 4) is 5.69 Å². The molecule has 16 heavy (non-hydrogen) atoms.